The second-order valence-corrected chi connectivity index (χ2v) is 3.38. The van der Waals surface area contributed by atoms with Crippen molar-refractivity contribution < 1.29 is 14.3 Å². The van der Waals surface area contributed by atoms with Crippen LogP contribution >= 0.6 is 0 Å². The average molecular weight is 224 g/mol. The van der Waals surface area contributed by atoms with E-state index in [2.05, 4.69) is 16.9 Å². The van der Waals surface area contributed by atoms with Gasteiger partial charge in [0.25, 0.3) is 0 Å². The van der Waals surface area contributed by atoms with E-state index in [1.165, 1.54) is 7.11 Å². The number of esters is 1. The first kappa shape index (κ1) is 14.6. The van der Waals surface area contributed by atoms with Crippen LogP contribution in [0.3, 0.4) is 0 Å². The van der Waals surface area contributed by atoms with Crippen molar-refractivity contribution in [2.45, 2.75) is 38.5 Å². The summed E-state index contributed by atoms with van der Waals surface area (Å²) in [5, 5.41) is 0. The number of ether oxygens (including phenoxy) is 1. The summed E-state index contributed by atoms with van der Waals surface area (Å²) in [6.07, 6.45) is 13.7. The third-order valence-electron chi connectivity index (χ3n) is 2.03. The number of carbonyl (C=O) groups excluding carboxylic acids is 2. The summed E-state index contributed by atoms with van der Waals surface area (Å²) in [6.45, 7) is 0. The van der Waals surface area contributed by atoms with Gasteiger partial charge in [0, 0.05) is 12.8 Å². The van der Waals surface area contributed by atoms with Gasteiger partial charge >= 0.3 is 5.97 Å². The topological polar surface area (TPSA) is 43.4 Å². The van der Waals surface area contributed by atoms with E-state index < -0.39 is 0 Å². The van der Waals surface area contributed by atoms with Crippen LogP contribution < -0.4 is 0 Å². The molecule has 0 heterocycles. The molecule has 0 N–H and O–H groups in total. The van der Waals surface area contributed by atoms with Gasteiger partial charge in [-0.1, -0.05) is 24.3 Å². The van der Waals surface area contributed by atoms with Crippen molar-refractivity contribution in [2.75, 3.05) is 7.11 Å². The summed E-state index contributed by atoms with van der Waals surface area (Å²) < 4.78 is 4.52. The normalized spacial score (nSPS) is 11.1. The van der Waals surface area contributed by atoms with Crippen LogP contribution in [-0.2, 0) is 14.3 Å². The quantitative estimate of drug-likeness (QED) is 0.262. The van der Waals surface area contributed by atoms with Crippen LogP contribution in [0.2, 0.25) is 0 Å². The zero-order valence-electron chi connectivity index (χ0n) is 9.85. The number of carbonyl (C=O) groups is 2. The third kappa shape index (κ3) is 10.7. The van der Waals surface area contributed by atoms with Gasteiger partial charge in [0.05, 0.1) is 7.11 Å². The lowest BCUT2D eigenvalue weighted by atomic mass is 10.2. The van der Waals surface area contributed by atoms with Crippen LogP contribution in [0.25, 0.3) is 0 Å². The molecule has 3 nitrogen and oxygen atoms in total. The molecule has 0 aliphatic heterocycles. The molecule has 90 valence electrons. The molecule has 0 aliphatic carbocycles. The Morgan fingerprint density at radius 2 is 1.44 bits per heavy atom. The van der Waals surface area contributed by atoms with Crippen LogP contribution in [-0.4, -0.2) is 19.4 Å². The Kier molecular flexibility index (Phi) is 10.7. The van der Waals surface area contributed by atoms with E-state index in [-0.39, 0.29) is 5.97 Å². The lowest BCUT2D eigenvalue weighted by molar-refractivity contribution is -0.140. The minimum Gasteiger partial charge on any atom is -0.469 e. The zero-order valence-corrected chi connectivity index (χ0v) is 9.85. The Morgan fingerprint density at radius 1 is 0.938 bits per heavy atom. The maximum absolute atomic E-state index is 10.8. The van der Waals surface area contributed by atoms with Crippen molar-refractivity contribution in [1.82, 2.24) is 0 Å². The van der Waals surface area contributed by atoms with Gasteiger partial charge in [-0.15, -0.1) is 0 Å². The van der Waals surface area contributed by atoms with Gasteiger partial charge in [-0.2, -0.15) is 0 Å². The van der Waals surface area contributed by atoms with Crippen molar-refractivity contribution in [2.24, 2.45) is 0 Å². The molecule has 0 aromatic rings. The number of rotatable bonds is 9. The van der Waals surface area contributed by atoms with E-state index in [1.807, 2.05) is 12.2 Å². The van der Waals surface area contributed by atoms with Crippen molar-refractivity contribution in [3.63, 3.8) is 0 Å². The first-order valence-corrected chi connectivity index (χ1v) is 5.61. The molecule has 0 rings (SSSR count). The fraction of sp³-hybridized carbons (Fsp3) is 0.538. The number of hydrogen-bond acceptors (Lipinski definition) is 3. The average Bonchev–Trinajstić information content (AvgIpc) is 2.31. The molecule has 0 amide bonds. The van der Waals surface area contributed by atoms with Crippen LogP contribution in [0.4, 0.5) is 0 Å². The second kappa shape index (κ2) is 11.7. The summed E-state index contributed by atoms with van der Waals surface area (Å²) in [5.74, 6) is -0.168. The molecule has 0 bridgehead atoms. The summed E-state index contributed by atoms with van der Waals surface area (Å²) in [7, 11) is 1.40. The van der Waals surface area contributed by atoms with Crippen molar-refractivity contribution in [3.8, 4) is 0 Å². The fourth-order valence-corrected chi connectivity index (χ4v) is 1.13. The highest BCUT2D eigenvalue weighted by atomic mass is 16.5. The highest BCUT2D eigenvalue weighted by Crippen LogP contribution is 1.99. The Balaban J connectivity index is 3.30. The van der Waals surface area contributed by atoms with Gasteiger partial charge < -0.3 is 9.53 Å². The molecule has 0 fully saturated rings. The van der Waals surface area contributed by atoms with Crippen LogP contribution in [0.1, 0.15) is 38.5 Å². The van der Waals surface area contributed by atoms with Crippen LogP contribution in [0.15, 0.2) is 24.3 Å². The van der Waals surface area contributed by atoms with Gasteiger partial charge in [0.15, 0.2) is 0 Å². The van der Waals surface area contributed by atoms with E-state index in [4.69, 9.17) is 0 Å². The number of aldehydes is 1. The monoisotopic (exact) mass is 224 g/mol. The standard InChI is InChI=1S/C13H20O3/c1-16-13(15)11-9-7-5-3-2-4-6-8-10-12-14/h4-7,12H,2-3,8-11H2,1H3. The molecule has 0 spiro atoms. The molecule has 0 saturated heterocycles. The molecule has 0 unspecified atom stereocenters. The van der Waals surface area contributed by atoms with Crippen molar-refractivity contribution in [3.05, 3.63) is 24.3 Å². The SMILES string of the molecule is COC(=O)CCC=CCCC=CCCC=O. The van der Waals surface area contributed by atoms with Crippen molar-refractivity contribution >= 4 is 12.3 Å². The summed E-state index contributed by atoms with van der Waals surface area (Å²) in [5.41, 5.74) is 0. The van der Waals surface area contributed by atoms with Crippen LogP contribution in [0.5, 0.6) is 0 Å². The number of hydrogen-bond donors (Lipinski definition) is 0. The lowest BCUT2D eigenvalue weighted by Crippen LogP contribution is -1.97. The molecular formula is C13H20O3. The predicted molar refractivity (Wildman–Crippen MR) is 64.1 cm³/mol. The van der Waals surface area contributed by atoms with Gasteiger partial charge in [-0.3, -0.25) is 4.79 Å². The molecule has 0 atom stereocenters. The Labute approximate surface area is 97.2 Å². The summed E-state index contributed by atoms with van der Waals surface area (Å²) >= 11 is 0. The second-order valence-electron chi connectivity index (χ2n) is 3.38. The van der Waals surface area contributed by atoms with E-state index in [9.17, 15) is 9.59 Å². The summed E-state index contributed by atoms with van der Waals surface area (Å²) in [4.78, 5) is 20.8. The zero-order chi connectivity index (χ0) is 12.1. The summed E-state index contributed by atoms with van der Waals surface area (Å²) in [6, 6.07) is 0. The fourth-order valence-electron chi connectivity index (χ4n) is 1.13. The number of unbranched alkanes of at least 4 members (excludes halogenated alkanes) is 2. The van der Waals surface area contributed by atoms with Gasteiger partial charge in [-0.25, -0.2) is 0 Å². The van der Waals surface area contributed by atoms with E-state index in [1.54, 1.807) is 0 Å². The van der Waals surface area contributed by atoms with Crippen molar-refractivity contribution in [1.29, 1.82) is 0 Å². The highest BCUT2D eigenvalue weighted by molar-refractivity contribution is 5.69. The first-order chi connectivity index (χ1) is 7.81. The Bertz CT molecular complexity index is 242. The molecular weight excluding hydrogens is 204 g/mol. The molecule has 0 radical (unpaired) electrons. The number of allylic oxidation sites excluding steroid dienone is 4. The van der Waals surface area contributed by atoms with Crippen LogP contribution in [0, 0.1) is 0 Å². The molecule has 3 heteroatoms. The maximum atomic E-state index is 10.8. The molecule has 0 saturated carbocycles. The lowest BCUT2D eigenvalue weighted by Gasteiger charge is -1.93. The Morgan fingerprint density at radius 3 is 1.94 bits per heavy atom. The number of methoxy groups -OCH3 is 1. The molecule has 16 heavy (non-hydrogen) atoms. The molecule has 0 aromatic carbocycles. The Hall–Kier alpha value is -1.38. The van der Waals surface area contributed by atoms with Gasteiger partial charge in [-0.05, 0) is 25.7 Å². The molecule has 0 aliphatic rings. The van der Waals surface area contributed by atoms with E-state index in [0.29, 0.717) is 12.8 Å². The van der Waals surface area contributed by atoms with E-state index in [0.717, 1.165) is 32.0 Å². The minimum atomic E-state index is -0.168. The smallest absolute Gasteiger partial charge is 0.305 e. The third-order valence-corrected chi connectivity index (χ3v) is 2.03. The van der Waals surface area contributed by atoms with Gasteiger partial charge in [0.2, 0.25) is 0 Å². The van der Waals surface area contributed by atoms with E-state index >= 15 is 0 Å². The molecule has 0 aromatic heterocycles. The van der Waals surface area contributed by atoms with Gasteiger partial charge in [0.1, 0.15) is 6.29 Å². The highest BCUT2D eigenvalue weighted by Gasteiger charge is 1.94. The maximum Gasteiger partial charge on any atom is 0.305 e. The first-order valence-electron chi connectivity index (χ1n) is 5.61. The predicted octanol–water partition coefficient (Wildman–Crippen LogP) is 2.81. The largest absolute Gasteiger partial charge is 0.469 e. The minimum absolute atomic E-state index is 0.168.